The first-order chi connectivity index (χ1) is 22.5. The Kier molecular flexibility index (Phi) is 13.5. The number of aromatic nitrogens is 3. The number of hydrogen-bond donors (Lipinski definition) is 5. The Balaban J connectivity index is 0.000000286. The molecule has 8 N–H and O–H groups in total. The van der Waals surface area contributed by atoms with E-state index in [9.17, 15) is 9.18 Å². The van der Waals surface area contributed by atoms with Gasteiger partial charge in [0.15, 0.2) is 5.96 Å². The molecule has 0 saturated heterocycles. The van der Waals surface area contributed by atoms with Gasteiger partial charge in [-0.25, -0.2) is 9.18 Å². The maximum atomic E-state index is 14.4. The van der Waals surface area contributed by atoms with Crippen molar-refractivity contribution >= 4 is 17.0 Å². The lowest BCUT2D eigenvalue weighted by atomic mass is 9.83. The lowest BCUT2D eigenvalue weighted by molar-refractivity contribution is 0.514. The predicted octanol–water partition coefficient (Wildman–Crippen LogP) is 6.12. The minimum absolute atomic E-state index is 0.0223. The third-order valence-corrected chi connectivity index (χ3v) is 8.19. The number of aliphatic imine (C=N–C) groups is 1. The highest BCUT2D eigenvalue weighted by atomic mass is 19.1. The van der Waals surface area contributed by atoms with Crippen molar-refractivity contribution in [2.45, 2.75) is 111 Å². The molecule has 2 aromatic heterocycles. The van der Waals surface area contributed by atoms with Crippen molar-refractivity contribution in [2.24, 2.45) is 22.2 Å². The van der Waals surface area contributed by atoms with E-state index in [1.54, 1.807) is 4.57 Å². The first kappa shape index (κ1) is 38.4. The zero-order valence-corrected chi connectivity index (χ0v) is 30.2. The van der Waals surface area contributed by atoms with E-state index in [0.29, 0.717) is 12.2 Å². The van der Waals surface area contributed by atoms with Crippen molar-refractivity contribution in [3.8, 4) is 5.69 Å². The summed E-state index contributed by atoms with van der Waals surface area (Å²) in [5, 5.41) is 4.27. The molecular weight excluding hydrogens is 603 g/mol. The third kappa shape index (κ3) is 11.3. The van der Waals surface area contributed by atoms with Gasteiger partial charge in [0.2, 0.25) is 0 Å². The van der Waals surface area contributed by atoms with Gasteiger partial charge in [0.05, 0.1) is 5.69 Å². The standard InChI is InChI=1S/C21H29N7O.C17H28FN/c1-21(2,3)17-11-15-13-28(20(29)27-18(15)26-17)16-7-5-14(6-8-16)12-24-9-4-10-25-19(22)23;1-6-14-10-13(9-7-8-12(2)19)11-15(16(14)18)17(3,4)5/h5-8,11,13,24H,4,9-10,12H2,1-3H3,(H4,22,23,25)(H,26,27,29);10-12H,6-9,19H2,1-5H3/t;12-/m.0/s1. The molecule has 1 atom stereocenters. The molecule has 0 aliphatic carbocycles. The van der Waals surface area contributed by atoms with Crippen molar-refractivity contribution in [1.82, 2.24) is 19.9 Å². The lowest BCUT2D eigenvalue weighted by Gasteiger charge is -2.22. The van der Waals surface area contributed by atoms with Gasteiger partial charge in [0, 0.05) is 41.8 Å². The number of fused-ring (bicyclic) bond motifs is 1. The molecule has 0 aliphatic heterocycles. The molecule has 10 heteroatoms. The Hall–Kier alpha value is -4.02. The molecule has 0 fully saturated rings. The van der Waals surface area contributed by atoms with Crippen LogP contribution in [0.4, 0.5) is 4.39 Å². The average molecular weight is 661 g/mol. The lowest BCUT2D eigenvalue weighted by Crippen LogP contribution is -2.23. The van der Waals surface area contributed by atoms with Crippen LogP contribution >= 0.6 is 0 Å². The van der Waals surface area contributed by atoms with Crippen molar-refractivity contribution in [1.29, 1.82) is 0 Å². The van der Waals surface area contributed by atoms with Crippen LogP contribution in [-0.4, -0.2) is 39.6 Å². The zero-order valence-electron chi connectivity index (χ0n) is 30.2. The van der Waals surface area contributed by atoms with Gasteiger partial charge in [-0.1, -0.05) is 72.7 Å². The Bertz CT molecular complexity index is 1700. The minimum Gasteiger partial charge on any atom is -0.370 e. The van der Waals surface area contributed by atoms with Crippen molar-refractivity contribution < 1.29 is 4.39 Å². The van der Waals surface area contributed by atoms with Crippen LogP contribution < -0.4 is 28.2 Å². The minimum atomic E-state index is -0.301. The van der Waals surface area contributed by atoms with Gasteiger partial charge in [0.25, 0.3) is 0 Å². The third-order valence-electron chi connectivity index (χ3n) is 8.19. The molecule has 0 aliphatic rings. The second-order valence-corrected chi connectivity index (χ2v) is 14.7. The molecule has 4 rings (SSSR count). The van der Waals surface area contributed by atoms with Crippen LogP contribution in [0, 0.1) is 5.82 Å². The normalized spacial score (nSPS) is 12.5. The van der Waals surface area contributed by atoms with Crippen LogP contribution in [0.3, 0.4) is 0 Å². The molecule has 9 nitrogen and oxygen atoms in total. The van der Waals surface area contributed by atoms with Gasteiger partial charge in [-0.15, -0.1) is 0 Å². The summed E-state index contributed by atoms with van der Waals surface area (Å²) in [6.45, 7) is 18.8. The fourth-order valence-electron chi connectivity index (χ4n) is 5.33. The number of benzene rings is 2. The summed E-state index contributed by atoms with van der Waals surface area (Å²) in [7, 11) is 0. The number of H-pyrrole nitrogens is 1. The van der Waals surface area contributed by atoms with E-state index >= 15 is 0 Å². The SMILES string of the molecule is CC(C)(C)c1cc2cn(-c3ccc(CNCCCN=C(N)N)cc3)c(=O)nc2[nH]1.CCc1cc(CCC[C@H](C)N)cc(C(C)(C)C)c1F. The molecule has 2 aromatic carbocycles. The van der Waals surface area contributed by atoms with E-state index in [-0.39, 0.29) is 34.3 Å². The van der Waals surface area contributed by atoms with E-state index in [1.807, 2.05) is 56.4 Å². The number of hydrogen-bond acceptors (Lipinski definition) is 5. The van der Waals surface area contributed by atoms with E-state index in [4.69, 9.17) is 17.2 Å². The largest absolute Gasteiger partial charge is 0.370 e. The highest BCUT2D eigenvalue weighted by molar-refractivity contribution is 5.76. The first-order valence-corrected chi connectivity index (χ1v) is 17.0. The van der Waals surface area contributed by atoms with Crippen LogP contribution in [0.25, 0.3) is 16.7 Å². The van der Waals surface area contributed by atoms with E-state index < -0.39 is 0 Å². The maximum absolute atomic E-state index is 14.4. The number of rotatable bonds is 12. The molecule has 262 valence electrons. The highest BCUT2D eigenvalue weighted by Crippen LogP contribution is 2.29. The molecule has 0 unspecified atom stereocenters. The smallest absolute Gasteiger partial charge is 0.354 e. The van der Waals surface area contributed by atoms with Crippen molar-refractivity contribution in [3.05, 3.63) is 92.9 Å². The van der Waals surface area contributed by atoms with Crippen LogP contribution in [0.1, 0.15) is 103 Å². The summed E-state index contributed by atoms with van der Waals surface area (Å²) in [5.41, 5.74) is 22.4. The second kappa shape index (κ2) is 16.9. The fraction of sp³-hybridized carbons (Fsp3) is 0.500. The Morgan fingerprint density at radius 1 is 1.02 bits per heavy atom. The molecule has 4 aromatic rings. The number of guanidine groups is 1. The topological polar surface area (TPSA) is 153 Å². The average Bonchev–Trinajstić information content (AvgIpc) is 3.43. The summed E-state index contributed by atoms with van der Waals surface area (Å²) in [4.78, 5) is 23.9. The Morgan fingerprint density at radius 3 is 2.29 bits per heavy atom. The molecule has 0 spiro atoms. The van der Waals surface area contributed by atoms with E-state index in [1.165, 1.54) is 5.56 Å². The molecule has 0 radical (unpaired) electrons. The van der Waals surface area contributed by atoms with Crippen LogP contribution in [0.2, 0.25) is 0 Å². The molecular formula is C38H57FN8O. The number of nitrogens with one attached hydrogen (secondary N) is 2. The van der Waals surface area contributed by atoms with Crippen molar-refractivity contribution in [3.63, 3.8) is 0 Å². The summed E-state index contributed by atoms with van der Waals surface area (Å²) >= 11 is 0. The molecule has 2 heterocycles. The molecule has 48 heavy (non-hydrogen) atoms. The number of halogens is 1. The zero-order chi connectivity index (χ0) is 35.6. The van der Waals surface area contributed by atoms with Crippen molar-refractivity contribution in [2.75, 3.05) is 13.1 Å². The molecule has 0 amide bonds. The summed E-state index contributed by atoms with van der Waals surface area (Å²) < 4.78 is 16.0. The van der Waals surface area contributed by atoms with E-state index in [0.717, 1.165) is 78.7 Å². The Labute approximate surface area is 285 Å². The molecule has 0 saturated carbocycles. The number of aryl methyl sites for hydroxylation is 2. The van der Waals surface area contributed by atoms with Gasteiger partial charge in [-0.3, -0.25) is 9.56 Å². The number of aromatic amines is 1. The monoisotopic (exact) mass is 660 g/mol. The second-order valence-electron chi connectivity index (χ2n) is 14.7. The van der Waals surface area contributed by atoms with Gasteiger partial charge in [-0.2, -0.15) is 4.98 Å². The Morgan fingerprint density at radius 2 is 1.71 bits per heavy atom. The van der Waals surface area contributed by atoms with Gasteiger partial charge < -0.3 is 27.5 Å². The van der Waals surface area contributed by atoms with Gasteiger partial charge in [-0.05, 0) is 91.4 Å². The quantitative estimate of drug-likeness (QED) is 0.0701. The van der Waals surface area contributed by atoms with Crippen LogP contribution in [0.15, 0.2) is 58.4 Å². The van der Waals surface area contributed by atoms with Crippen LogP contribution in [0.5, 0.6) is 0 Å². The predicted molar refractivity (Wildman–Crippen MR) is 198 cm³/mol. The van der Waals surface area contributed by atoms with Gasteiger partial charge in [0.1, 0.15) is 11.5 Å². The summed E-state index contributed by atoms with van der Waals surface area (Å²) in [6.07, 6.45) is 6.52. The molecule has 0 bridgehead atoms. The maximum Gasteiger partial charge on any atom is 0.354 e. The highest BCUT2D eigenvalue weighted by Gasteiger charge is 2.21. The van der Waals surface area contributed by atoms with Gasteiger partial charge >= 0.3 is 5.69 Å². The van der Waals surface area contributed by atoms with E-state index in [2.05, 4.69) is 67.9 Å². The first-order valence-electron chi connectivity index (χ1n) is 17.0. The van der Waals surface area contributed by atoms with Crippen LogP contribution in [-0.2, 0) is 30.2 Å². The summed E-state index contributed by atoms with van der Waals surface area (Å²) in [5.74, 6) is 0.101. The number of nitrogens with zero attached hydrogens (tertiary/aromatic N) is 3. The summed E-state index contributed by atoms with van der Waals surface area (Å²) in [6, 6.07) is 14.2. The fourth-order valence-corrected chi connectivity index (χ4v) is 5.33. The number of nitrogens with two attached hydrogens (primary N) is 3.